The monoisotopic (exact) mass is 308 g/mol. The second kappa shape index (κ2) is 6.55. The van der Waals surface area contributed by atoms with Crippen LogP contribution in [0, 0.1) is 0 Å². The number of ether oxygens (including phenoxy) is 1. The molecule has 3 heteroatoms. The summed E-state index contributed by atoms with van der Waals surface area (Å²) in [5.74, 6) is -0.336. The second-order valence-corrected chi connectivity index (χ2v) is 4.91. The Morgan fingerprint density at radius 3 is 2.72 bits per heavy atom. The van der Waals surface area contributed by atoms with Crippen LogP contribution in [0.15, 0.2) is 53.5 Å². The fourth-order valence-electron chi connectivity index (χ4n) is 1.60. The van der Waals surface area contributed by atoms with Crippen molar-refractivity contribution in [1.82, 2.24) is 0 Å². The zero-order valence-corrected chi connectivity index (χ0v) is 12.2. The molecule has 0 fully saturated rings. The molecule has 1 aromatic rings. The number of benzene rings is 1. The Labute approximate surface area is 116 Å². The summed E-state index contributed by atoms with van der Waals surface area (Å²) in [4.78, 5) is 11.4. The van der Waals surface area contributed by atoms with Crippen LogP contribution >= 0.6 is 15.9 Å². The molecule has 0 aliphatic rings. The number of hydrogen-bond donors (Lipinski definition) is 0. The molecule has 0 N–H and O–H groups in total. The summed E-state index contributed by atoms with van der Waals surface area (Å²) < 4.78 is 5.86. The van der Waals surface area contributed by atoms with E-state index in [1.807, 2.05) is 37.3 Å². The van der Waals surface area contributed by atoms with Gasteiger partial charge in [-0.3, -0.25) is 0 Å². The summed E-state index contributed by atoms with van der Waals surface area (Å²) >= 11 is 3.51. The molecule has 0 aliphatic heterocycles. The summed E-state index contributed by atoms with van der Waals surface area (Å²) in [5.41, 5.74) is 0.646. The lowest BCUT2D eigenvalue weighted by atomic mass is 9.82. The fourth-order valence-corrected chi connectivity index (χ4v) is 2.31. The summed E-state index contributed by atoms with van der Waals surface area (Å²) in [6.45, 7) is 8.01. The Balaban J connectivity index is 3.03. The smallest absolute Gasteiger partial charge is 0.330 e. The maximum Gasteiger partial charge on any atom is 0.330 e. The molecular weight excluding hydrogens is 292 g/mol. The van der Waals surface area contributed by atoms with Gasteiger partial charge in [0, 0.05) is 16.0 Å². The van der Waals surface area contributed by atoms with Crippen molar-refractivity contribution in [3.63, 3.8) is 0 Å². The quantitative estimate of drug-likeness (QED) is 0.467. The molecule has 0 saturated heterocycles. The lowest BCUT2D eigenvalue weighted by molar-refractivity contribution is -0.137. The number of esters is 1. The Bertz CT molecular complexity index is 465. The van der Waals surface area contributed by atoms with E-state index in [0.29, 0.717) is 6.61 Å². The lowest BCUT2D eigenvalue weighted by Crippen LogP contribution is -2.16. The molecule has 0 radical (unpaired) electrons. The third kappa shape index (κ3) is 3.57. The number of halogens is 1. The van der Waals surface area contributed by atoms with E-state index in [9.17, 15) is 4.79 Å². The molecule has 0 aromatic heterocycles. The Hall–Kier alpha value is -1.35. The highest BCUT2D eigenvalue weighted by Crippen LogP contribution is 2.32. The molecule has 0 spiro atoms. The van der Waals surface area contributed by atoms with E-state index in [1.54, 1.807) is 13.0 Å². The van der Waals surface area contributed by atoms with Crippen LogP contribution in [0.4, 0.5) is 0 Å². The van der Waals surface area contributed by atoms with E-state index < -0.39 is 5.41 Å². The largest absolute Gasteiger partial charge is 0.463 e. The van der Waals surface area contributed by atoms with Gasteiger partial charge in [-0.1, -0.05) is 46.3 Å². The van der Waals surface area contributed by atoms with Gasteiger partial charge in [-0.15, -0.1) is 6.58 Å². The van der Waals surface area contributed by atoms with Crippen molar-refractivity contribution in [2.45, 2.75) is 19.3 Å². The van der Waals surface area contributed by atoms with Gasteiger partial charge < -0.3 is 4.74 Å². The lowest BCUT2D eigenvalue weighted by Gasteiger charge is -2.23. The van der Waals surface area contributed by atoms with Crippen LogP contribution < -0.4 is 0 Å². The minimum absolute atomic E-state index is 0.336. The van der Waals surface area contributed by atoms with Crippen LogP contribution in [0.5, 0.6) is 0 Å². The van der Waals surface area contributed by atoms with E-state index in [2.05, 4.69) is 22.5 Å². The number of allylic oxidation sites excluding steroid dienone is 2. The van der Waals surface area contributed by atoms with Gasteiger partial charge in [0.05, 0.1) is 6.61 Å². The second-order valence-electron chi connectivity index (χ2n) is 4.05. The number of rotatable bonds is 5. The third-order valence-corrected chi connectivity index (χ3v) is 3.42. The number of carbonyl (C=O) groups excluding carboxylic acids is 1. The van der Waals surface area contributed by atoms with Crippen LogP contribution in [-0.4, -0.2) is 12.6 Å². The maximum atomic E-state index is 11.4. The van der Waals surface area contributed by atoms with Gasteiger partial charge in [-0.05, 0) is 25.5 Å². The highest BCUT2D eigenvalue weighted by molar-refractivity contribution is 9.10. The molecule has 1 rings (SSSR count). The fraction of sp³-hybridized carbons (Fsp3) is 0.267. The molecular formula is C15H17BrO2. The average Bonchev–Trinajstić information content (AvgIpc) is 2.37. The van der Waals surface area contributed by atoms with E-state index >= 15 is 0 Å². The highest BCUT2D eigenvalue weighted by Gasteiger charge is 2.22. The van der Waals surface area contributed by atoms with Gasteiger partial charge in [0.25, 0.3) is 0 Å². The molecule has 96 valence electrons. The highest BCUT2D eigenvalue weighted by atomic mass is 79.9. The van der Waals surface area contributed by atoms with Crippen molar-refractivity contribution in [3.05, 3.63) is 59.1 Å². The van der Waals surface area contributed by atoms with Gasteiger partial charge in [-0.2, -0.15) is 0 Å². The predicted molar refractivity (Wildman–Crippen MR) is 77.5 cm³/mol. The van der Waals surface area contributed by atoms with Crippen LogP contribution in [0.3, 0.4) is 0 Å². The predicted octanol–water partition coefficient (Wildman–Crippen LogP) is 4.01. The molecule has 18 heavy (non-hydrogen) atoms. The molecule has 1 atom stereocenters. The first-order valence-corrected chi connectivity index (χ1v) is 6.57. The van der Waals surface area contributed by atoms with Crippen molar-refractivity contribution in [3.8, 4) is 0 Å². The van der Waals surface area contributed by atoms with E-state index in [0.717, 1.165) is 10.0 Å². The Morgan fingerprint density at radius 2 is 2.17 bits per heavy atom. The first-order chi connectivity index (χ1) is 8.53. The van der Waals surface area contributed by atoms with Crippen LogP contribution in [-0.2, 0) is 14.9 Å². The van der Waals surface area contributed by atoms with Crippen molar-refractivity contribution < 1.29 is 9.53 Å². The van der Waals surface area contributed by atoms with Gasteiger partial charge >= 0.3 is 5.97 Å². The van der Waals surface area contributed by atoms with Crippen LogP contribution in [0.25, 0.3) is 0 Å². The standard InChI is InChI=1S/C15H17BrO2/c1-4-15(3,11-10-14(17)18-5-2)12-8-6-7-9-13(12)16/h4,6-11H,1,5H2,2-3H3/b11-10+/t15-/m1/s1. The van der Waals surface area contributed by atoms with Crippen LogP contribution in [0.1, 0.15) is 19.4 Å². The molecule has 1 aromatic carbocycles. The molecule has 0 saturated carbocycles. The Kier molecular flexibility index (Phi) is 5.35. The first kappa shape index (κ1) is 14.7. The van der Waals surface area contributed by atoms with Crippen molar-refractivity contribution in [1.29, 1.82) is 0 Å². The molecule has 0 bridgehead atoms. The molecule has 0 aliphatic carbocycles. The third-order valence-electron chi connectivity index (χ3n) is 2.73. The molecule has 0 amide bonds. The van der Waals surface area contributed by atoms with Gasteiger partial charge in [-0.25, -0.2) is 4.79 Å². The molecule has 0 heterocycles. The summed E-state index contributed by atoms with van der Waals surface area (Å²) in [6.07, 6.45) is 5.06. The summed E-state index contributed by atoms with van der Waals surface area (Å²) in [7, 11) is 0. The average molecular weight is 309 g/mol. The van der Waals surface area contributed by atoms with Crippen molar-refractivity contribution in [2.24, 2.45) is 0 Å². The number of carbonyl (C=O) groups is 1. The van der Waals surface area contributed by atoms with E-state index in [-0.39, 0.29) is 5.97 Å². The normalized spacial score (nSPS) is 14.2. The Morgan fingerprint density at radius 1 is 1.50 bits per heavy atom. The molecule has 2 nitrogen and oxygen atoms in total. The minimum atomic E-state index is -0.410. The van der Waals surface area contributed by atoms with E-state index in [1.165, 1.54) is 6.08 Å². The van der Waals surface area contributed by atoms with Gasteiger partial charge in [0.15, 0.2) is 0 Å². The zero-order valence-electron chi connectivity index (χ0n) is 10.7. The SMILES string of the molecule is C=C[C@](C)(/C=C/C(=O)OCC)c1ccccc1Br. The van der Waals surface area contributed by atoms with E-state index in [4.69, 9.17) is 4.74 Å². The van der Waals surface area contributed by atoms with Gasteiger partial charge in [0.2, 0.25) is 0 Å². The summed E-state index contributed by atoms with van der Waals surface area (Å²) in [5, 5.41) is 0. The molecule has 0 unspecified atom stereocenters. The first-order valence-electron chi connectivity index (χ1n) is 5.78. The van der Waals surface area contributed by atoms with Gasteiger partial charge in [0.1, 0.15) is 0 Å². The zero-order chi connectivity index (χ0) is 13.6. The summed E-state index contributed by atoms with van der Waals surface area (Å²) in [6, 6.07) is 7.88. The number of hydrogen-bond acceptors (Lipinski definition) is 2. The van der Waals surface area contributed by atoms with Crippen molar-refractivity contribution in [2.75, 3.05) is 6.61 Å². The minimum Gasteiger partial charge on any atom is -0.463 e. The maximum absolute atomic E-state index is 11.4. The van der Waals surface area contributed by atoms with Crippen LogP contribution in [0.2, 0.25) is 0 Å². The topological polar surface area (TPSA) is 26.3 Å². The van der Waals surface area contributed by atoms with Crippen molar-refractivity contribution >= 4 is 21.9 Å².